The molecule has 0 heterocycles. The van der Waals surface area contributed by atoms with Crippen molar-refractivity contribution in [3.8, 4) is 0 Å². The minimum atomic E-state index is 1.03. The number of rotatable bonds is 1. The van der Waals surface area contributed by atoms with E-state index in [1.807, 2.05) is 0 Å². The topological polar surface area (TPSA) is 0 Å². The molecule has 0 N–H and O–H groups in total. The maximum absolute atomic E-state index is 2.28. The Balaban J connectivity index is 2.01. The van der Waals surface area contributed by atoms with Crippen LogP contribution in [0.5, 0.6) is 0 Å². The highest BCUT2D eigenvalue weighted by Crippen LogP contribution is 2.47. The van der Waals surface area contributed by atoms with Crippen LogP contribution in [0.4, 0.5) is 0 Å². The first-order valence-electron chi connectivity index (χ1n) is 4.44. The molecule has 0 amide bonds. The van der Waals surface area contributed by atoms with E-state index >= 15 is 0 Å². The number of thioether (sulfide) groups is 1. The standard InChI is InChI=1S/C9H16S/c1-10-9-6-5-7-3-2-4-8(7)9/h7-9H,2-6H2,1H3. The second-order valence-corrected chi connectivity index (χ2v) is 4.78. The van der Waals surface area contributed by atoms with Crippen molar-refractivity contribution in [2.24, 2.45) is 11.8 Å². The molecule has 0 aromatic rings. The lowest BCUT2D eigenvalue weighted by atomic mass is 10.0. The van der Waals surface area contributed by atoms with Crippen LogP contribution >= 0.6 is 11.8 Å². The average Bonchev–Trinajstić information content (AvgIpc) is 2.44. The van der Waals surface area contributed by atoms with Crippen LogP contribution < -0.4 is 0 Å². The summed E-state index contributed by atoms with van der Waals surface area (Å²) in [6, 6.07) is 0. The summed E-state index contributed by atoms with van der Waals surface area (Å²) in [6.45, 7) is 0. The molecule has 0 spiro atoms. The minimum Gasteiger partial charge on any atom is -0.162 e. The Morgan fingerprint density at radius 2 is 2.00 bits per heavy atom. The van der Waals surface area contributed by atoms with Gasteiger partial charge in [-0.05, 0) is 37.4 Å². The van der Waals surface area contributed by atoms with Crippen molar-refractivity contribution in [1.29, 1.82) is 0 Å². The Hall–Kier alpha value is 0.350. The molecule has 0 nitrogen and oxygen atoms in total. The summed E-state index contributed by atoms with van der Waals surface area (Å²) >= 11 is 2.11. The van der Waals surface area contributed by atoms with Gasteiger partial charge < -0.3 is 0 Å². The van der Waals surface area contributed by atoms with Crippen molar-refractivity contribution in [2.75, 3.05) is 6.26 Å². The van der Waals surface area contributed by atoms with Gasteiger partial charge in [0.25, 0.3) is 0 Å². The van der Waals surface area contributed by atoms with Crippen molar-refractivity contribution in [3.05, 3.63) is 0 Å². The highest BCUT2D eigenvalue weighted by atomic mass is 32.2. The van der Waals surface area contributed by atoms with Gasteiger partial charge in [0.2, 0.25) is 0 Å². The summed E-state index contributed by atoms with van der Waals surface area (Å²) in [5.74, 6) is 2.26. The summed E-state index contributed by atoms with van der Waals surface area (Å²) < 4.78 is 0. The second-order valence-electron chi connectivity index (χ2n) is 3.71. The first-order chi connectivity index (χ1) is 4.92. The molecule has 2 fully saturated rings. The summed E-state index contributed by atoms with van der Waals surface area (Å²) in [5, 5.41) is 1.03. The lowest BCUT2D eigenvalue weighted by molar-refractivity contribution is 0.463. The molecule has 2 aliphatic rings. The summed E-state index contributed by atoms with van der Waals surface area (Å²) in [5.41, 5.74) is 0. The van der Waals surface area contributed by atoms with E-state index in [4.69, 9.17) is 0 Å². The zero-order valence-corrected chi connectivity index (χ0v) is 7.49. The van der Waals surface area contributed by atoms with E-state index in [1.54, 1.807) is 6.42 Å². The van der Waals surface area contributed by atoms with Crippen molar-refractivity contribution in [3.63, 3.8) is 0 Å². The van der Waals surface area contributed by atoms with E-state index in [0.717, 1.165) is 17.1 Å². The van der Waals surface area contributed by atoms with Crippen molar-refractivity contribution in [2.45, 2.75) is 37.4 Å². The Kier molecular flexibility index (Phi) is 1.94. The normalized spacial score (nSPS) is 45.9. The molecule has 1 heteroatoms. The van der Waals surface area contributed by atoms with E-state index in [-0.39, 0.29) is 0 Å². The third-order valence-electron chi connectivity index (χ3n) is 3.32. The molecular weight excluding hydrogens is 140 g/mol. The fourth-order valence-electron chi connectivity index (χ4n) is 2.80. The molecule has 10 heavy (non-hydrogen) atoms. The van der Waals surface area contributed by atoms with Crippen LogP contribution in [0.1, 0.15) is 32.1 Å². The predicted octanol–water partition coefficient (Wildman–Crippen LogP) is 2.93. The van der Waals surface area contributed by atoms with Gasteiger partial charge in [-0.3, -0.25) is 0 Å². The fourth-order valence-corrected chi connectivity index (χ4v) is 3.88. The molecule has 2 saturated carbocycles. The molecule has 58 valence electrons. The predicted molar refractivity (Wildman–Crippen MR) is 47.4 cm³/mol. The van der Waals surface area contributed by atoms with Crippen molar-refractivity contribution >= 4 is 11.8 Å². The Labute approximate surface area is 67.8 Å². The molecule has 2 aliphatic carbocycles. The van der Waals surface area contributed by atoms with Crippen molar-refractivity contribution in [1.82, 2.24) is 0 Å². The van der Waals surface area contributed by atoms with E-state index in [1.165, 1.54) is 25.7 Å². The molecule has 0 saturated heterocycles. The van der Waals surface area contributed by atoms with Crippen LogP contribution in [0.3, 0.4) is 0 Å². The molecule has 0 aliphatic heterocycles. The maximum atomic E-state index is 2.28. The van der Waals surface area contributed by atoms with E-state index in [9.17, 15) is 0 Å². The van der Waals surface area contributed by atoms with Crippen molar-refractivity contribution < 1.29 is 0 Å². The largest absolute Gasteiger partial charge is 0.162 e. The highest BCUT2D eigenvalue weighted by molar-refractivity contribution is 7.99. The summed E-state index contributed by atoms with van der Waals surface area (Å²) in [7, 11) is 0. The van der Waals surface area contributed by atoms with Gasteiger partial charge in [0.05, 0.1) is 0 Å². The van der Waals surface area contributed by atoms with E-state index in [0.29, 0.717) is 0 Å². The second kappa shape index (κ2) is 2.77. The molecular formula is C9H16S. The zero-order valence-electron chi connectivity index (χ0n) is 6.68. The molecule has 2 rings (SSSR count). The third kappa shape index (κ3) is 0.990. The van der Waals surface area contributed by atoms with Gasteiger partial charge in [0.1, 0.15) is 0 Å². The SMILES string of the molecule is CSC1CCC2CCCC21. The van der Waals surface area contributed by atoms with Gasteiger partial charge in [-0.15, -0.1) is 0 Å². The average molecular weight is 156 g/mol. The third-order valence-corrected chi connectivity index (χ3v) is 4.51. The number of hydrogen-bond acceptors (Lipinski definition) is 1. The first-order valence-corrected chi connectivity index (χ1v) is 5.73. The van der Waals surface area contributed by atoms with Gasteiger partial charge >= 0.3 is 0 Å². The van der Waals surface area contributed by atoms with E-state index in [2.05, 4.69) is 18.0 Å². The Morgan fingerprint density at radius 1 is 1.10 bits per heavy atom. The maximum Gasteiger partial charge on any atom is 0.00752 e. The van der Waals surface area contributed by atoms with Gasteiger partial charge in [-0.1, -0.05) is 12.8 Å². The van der Waals surface area contributed by atoms with E-state index < -0.39 is 0 Å². The van der Waals surface area contributed by atoms with Crippen LogP contribution in [0.2, 0.25) is 0 Å². The van der Waals surface area contributed by atoms with Crippen LogP contribution in [-0.2, 0) is 0 Å². The highest BCUT2D eigenvalue weighted by Gasteiger charge is 2.38. The van der Waals surface area contributed by atoms with Gasteiger partial charge in [0, 0.05) is 5.25 Å². The van der Waals surface area contributed by atoms with Crippen LogP contribution in [-0.4, -0.2) is 11.5 Å². The number of hydrogen-bond donors (Lipinski definition) is 0. The van der Waals surface area contributed by atoms with Crippen LogP contribution in [0, 0.1) is 11.8 Å². The number of fused-ring (bicyclic) bond motifs is 1. The summed E-state index contributed by atoms with van der Waals surface area (Å²) in [4.78, 5) is 0. The smallest absolute Gasteiger partial charge is 0.00752 e. The van der Waals surface area contributed by atoms with Gasteiger partial charge in [-0.2, -0.15) is 11.8 Å². The molecule has 3 atom stereocenters. The monoisotopic (exact) mass is 156 g/mol. The molecule has 0 bridgehead atoms. The molecule has 0 aromatic carbocycles. The lowest BCUT2D eigenvalue weighted by Gasteiger charge is -2.14. The van der Waals surface area contributed by atoms with Gasteiger partial charge in [0.15, 0.2) is 0 Å². The summed E-state index contributed by atoms with van der Waals surface area (Å²) in [6.07, 6.45) is 9.93. The quantitative estimate of drug-likeness (QED) is 0.562. The molecule has 3 unspecified atom stereocenters. The zero-order chi connectivity index (χ0) is 6.97. The Morgan fingerprint density at radius 3 is 2.80 bits per heavy atom. The minimum absolute atomic E-state index is 1.03. The lowest BCUT2D eigenvalue weighted by Crippen LogP contribution is -2.10. The Bertz CT molecular complexity index is 122. The first kappa shape index (κ1) is 7.02. The van der Waals surface area contributed by atoms with Gasteiger partial charge in [-0.25, -0.2) is 0 Å². The van der Waals surface area contributed by atoms with Crippen LogP contribution in [0.15, 0.2) is 0 Å². The fraction of sp³-hybridized carbons (Fsp3) is 1.00. The molecule has 0 radical (unpaired) electrons. The molecule has 0 aromatic heterocycles. The van der Waals surface area contributed by atoms with Crippen LogP contribution in [0.25, 0.3) is 0 Å².